The maximum Gasteiger partial charge on any atom is 0.137 e. The molecule has 0 aliphatic carbocycles. The number of pyridine rings is 1. The van der Waals surface area contributed by atoms with Crippen molar-refractivity contribution in [1.29, 1.82) is 10.8 Å². The molecule has 0 saturated carbocycles. The quantitative estimate of drug-likeness (QED) is 0.333. The van der Waals surface area contributed by atoms with Crippen molar-refractivity contribution in [3.05, 3.63) is 84.2 Å². The van der Waals surface area contributed by atoms with Crippen LogP contribution in [0.25, 0.3) is 28.0 Å². The SMILES string of the molecule is N=C(N)c1ccc(-c2cccc(-c3cn4cc(C(=N)N)ccc4n3)c2)cc1. The van der Waals surface area contributed by atoms with Gasteiger partial charge in [0.25, 0.3) is 0 Å². The monoisotopic (exact) mass is 354 g/mol. The fourth-order valence-corrected chi connectivity index (χ4v) is 2.99. The first kappa shape index (κ1) is 16.5. The zero-order valence-electron chi connectivity index (χ0n) is 14.5. The summed E-state index contributed by atoms with van der Waals surface area (Å²) in [5.74, 6) is 0.0908. The molecule has 0 bridgehead atoms. The highest BCUT2D eigenvalue weighted by molar-refractivity contribution is 5.95. The Balaban J connectivity index is 1.72. The number of fused-ring (bicyclic) bond motifs is 1. The van der Waals surface area contributed by atoms with Gasteiger partial charge in [0.2, 0.25) is 0 Å². The van der Waals surface area contributed by atoms with E-state index in [9.17, 15) is 0 Å². The lowest BCUT2D eigenvalue weighted by molar-refractivity contribution is 1.17. The summed E-state index contributed by atoms with van der Waals surface area (Å²) < 4.78 is 1.88. The van der Waals surface area contributed by atoms with Gasteiger partial charge in [-0.2, -0.15) is 0 Å². The number of nitrogens with zero attached hydrogens (tertiary/aromatic N) is 2. The molecule has 2 aromatic carbocycles. The number of nitrogens with one attached hydrogen (secondary N) is 2. The molecule has 2 aromatic heterocycles. The first-order chi connectivity index (χ1) is 13.0. The van der Waals surface area contributed by atoms with Crippen molar-refractivity contribution < 1.29 is 0 Å². The van der Waals surface area contributed by atoms with Crippen molar-refractivity contribution in [2.24, 2.45) is 11.5 Å². The van der Waals surface area contributed by atoms with Crippen molar-refractivity contribution in [3.8, 4) is 22.4 Å². The third-order valence-corrected chi connectivity index (χ3v) is 4.45. The van der Waals surface area contributed by atoms with Gasteiger partial charge in [-0.3, -0.25) is 10.8 Å². The molecule has 0 aliphatic rings. The van der Waals surface area contributed by atoms with Crippen LogP contribution in [-0.4, -0.2) is 21.1 Å². The number of nitrogen functional groups attached to an aromatic ring is 2. The first-order valence-electron chi connectivity index (χ1n) is 8.40. The molecule has 132 valence electrons. The molecule has 0 unspecified atom stereocenters. The Bertz CT molecular complexity index is 1170. The van der Waals surface area contributed by atoms with E-state index in [-0.39, 0.29) is 11.7 Å². The number of hydrogen-bond donors (Lipinski definition) is 4. The predicted octanol–water partition coefficient (Wildman–Crippen LogP) is 3.24. The minimum atomic E-state index is 0.0307. The number of aromatic nitrogens is 2. The van der Waals surface area contributed by atoms with Gasteiger partial charge in [-0.05, 0) is 29.3 Å². The third-order valence-electron chi connectivity index (χ3n) is 4.45. The Kier molecular flexibility index (Phi) is 3.93. The highest BCUT2D eigenvalue weighted by Crippen LogP contribution is 2.26. The van der Waals surface area contributed by atoms with Gasteiger partial charge in [-0.15, -0.1) is 0 Å². The Morgan fingerprint density at radius 3 is 2.11 bits per heavy atom. The van der Waals surface area contributed by atoms with Gasteiger partial charge in [0, 0.05) is 29.1 Å². The summed E-state index contributed by atoms with van der Waals surface area (Å²) in [6.07, 6.45) is 3.73. The van der Waals surface area contributed by atoms with E-state index >= 15 is 0 Å². The molecule has 4 aromatic rings. The Hall–Kier alpha value is -3.93. The molecule has 0 saturated heterocycles. The number of imidazole rings is 1. The number of amidine groups is 2. The van der Waals surface area contributed by atoms with Crippen molar-refractivity contribution in [2.75, 3.05) is 0 Å². The van der Waals surface area contributed by atoms with E-state index in [0.29, 0.717) is 11.1 Å². The summed E-state index contributed by atoms with van der Waals surface area (Å²) in [6, 6.07) is 19.4. The van der Waals surface area contributed by atoms with Crippen molar-refractivity contribution in [3.63, 3.8) is 0 Å². The summed E-state index contributed by atoms with van der Waals surface area (Å²) in [6.45, 7) is 0. The second-order valence-electron chi connectivity index (χ2n) is 6.29. The Morgan fingerprint density at radius 2 is 1.41 bits per heavy atom. The fraction of sp³-hybridized carbons (Fsp3) is 0. The second kappa shape index (κ2) is 6.42. The molecule has 0 atom stereocenters. The lowest BCUT2D eigenvalue weighted by Gasteiger charge is -2.05. The summed E-state index contributed by atoms with van der Waals surface area (Å²) in [7, 11) is 0. The van der Waals surface area contributed by atoms with E-state index in [1.807, 2.05) is 59.1 Å². The lowest BCUT2D eigenvalue weighted by atomic mass is 10.0. The normalized spacial score (nSPS) is 10.8. The molecule has 6 nitrogen and oxygen atoms in total. The van der Waals surface area contributed by atoms with Crippen LogP contribution in [0, 0.1) is 10.8 Å². The Labute approximate surface area is 156 Å². The minimum Gasteiger partial charge on any atom is -0.384 e. The van der Waals surface area contributed by atoms with Gasteiger partial charge in [-0.1, -0.05) is 42.5 Å². The van der Waals surface area contributed by atoms with Crippen LogP contribution in [0.4, 0.5) is 0 Å². The molecule has 6 N–H and O–H groups in total. The largest absolute Gasteiger partial charge is 0.384 e. The van der Waals surface area contributed by atoms with Crippen LogP contribution >= 0.6 is 0 Å². The zero-order chi connectivity index (χ0) is 19.0. The average molecular weight is 354 g/mol. The fourth-order valence-electron chi connectivity index (χ4n) is 2.99. The second-order valence-corrected chi connectivity index (χ2v) is 6.29. The molecule has 6 heteroatoms. The molecular weight excluding hydrogens is 336 g/mol. The van der Waals surface area contributed by atoms with Gasteiger partial charge < -0.3 is 15.9 Å². The molecular formula is C21H18N6. The Morgan fingerprint density at radius 1 is 0.741 bits per heavy atom. The van der Waals surface area contributed by atoms with Crippen LogP contribution in [0.15, 0.2) is 73.1 Å². The molecule has 0 fully saturated rings. The van der Waals surface area contributed by atoms with Crippen LogP contribution in [0.5, 0.6) is 0 Å². The third kappa shape index (κ3) is 3.16. The number of nitrogens with two attached hydrogens (primary N) is 2. The van der Waals surface area contributed by atoms with Crippen LogP contribution in [0.3, 0.4) is 0 Å². The molecule has 0 spiro atoms. The number of hydrogen-bond acceptors (Lipinski definition) is 3. The number of rotatable bonds is 4. The zero-order valence-corrected chi connectivity index (χ0v) is 14.5. The average Bonchev–Trinajstić information content (AvgIpc) is 3.11. The van der Waals surface area contributed by atoms with E-state index in [1.54, 1.807) is 12.3 Å². The molecule has 0 radical (unpaired) electrons. The van der Waals surface area contributed by atoms with Crippen molar-refractivity contribution in [2.45, 2.75) is 0 Å². The van der Waals surface area contributed by atoms with E-state index in [4.69, 9.17) is 22.3 Å². The summed E-state index contributed by atoms with van der Waals surface area (Å²) in [5.41, 5.74) is 17.2. The summed E-state index contributed by atoms with van der Waals surface area (Å²) >= 11 is 0. The predicted molar refractivity (Wildman–Crippen MR) is 108 cm³/mol. The lowest BCUT2D eigenvalue weighted by Crippen LogP contribution is -2.11. The first-order valence-corrected chi connectivity index (χ1v) is 8.40. The van der Waals surface area contributed by atoms with Crippen LogP contribution in [0.2, 0.25) is 0 Å². The molecule has 27 heavy (non-hydrogen) atoms. The standard InChI is InChI=1S/C21H18N6/c22-20(23)14-6-4-13(5-7-14)15-2-1-3-16(10-15)18-12-27-11-17(21(24)25)8-9-19(27)26-18/h1-12H,(H3,22,23)(H3,24,25). The summed E-state index contributed by atoms with van der Waals surface area (Å²) in [5, 5.41) is 15.1. The molecule has 4 rings (SSSR count). The van der Waals surface area contributed by atoms with Crippen LogP contribution < -0.4 is 11.5 Å². The maximum atomic E-state index is 7.57. The van der Waals surface area contributed by atoms with E-state index < -0.39 is 0 Å². The smallest absolute Gasteiger partial charge is 0.137 e. The van der Waals surface area contributed by atoms with Gasteiger partial charge >= 0.3 is 0 Å². The van der Waals surface area contributed by atoms with Gasteiger partial charge in [-0.25, -0.2) is 4.98 Å². The van der Waals surface area contributed by atoms with E-state index in [1.165, 1.54) is 0 Å². The number of benzene rings is 2. The van der Waals surface area contributed by atoms with Crippen LogP contribution in [-0.2, 0) is 0 Å². The minimum absolute atomic E-state index is 0.0307. The highest BCUT2D eigenvalue weighted by Gasteiger charge is 2.08. The van der Waals surface area contributed by atoms with Gasteiger partial charge in [0.05, 0.1) is 5.69 Å². The molecule has 0 aliphatic heterocycles. The van der Waals surface area contributed by atoms with E-state index in [2.05, 4.69) is 11.1 Å². The van der Waals surface area contributed by atoms with Crippen LogP contribution in [0.1, 0.15) is 11.1 Å². The highest BCUT2D eigenvalue weighted by atomic mass is 15.0. The molecule has 0 amide bonds. The summed E-state index contributed by atoms with van der Waals surface area (Å²) in [4.78, 5) is 4.66. The molecule has 2 heterocycles. The van der Waals surface area contributed by atoms with Gasteiger partial charge in [0.1, 0.15) is 17.3 Å². The van der Waals surface area contributed by atoms with Gasteiger partial charge in [0.15, 0.2) is 0 Å². The van der Waals surface area contributed by atoms with Crippen molar-refractivity contribution in [1.82, 2.24) is 9.38 Å². The van der Waals surface area contributed by atoms with E-state index in [0.717, 1.165) is 28.0 Å². The topological polar surface area (TPSA) is 117 Å². The van der Waals surface area contributed by atoms with Crippen molar-refractivity contribution >= 4 is 17.3 Å². The maximum absolute atomic E-state index is 7.57.